The van der Waals surface area contributed by atoms with E-state index in [9.17, 15) is 9.32 Å². The zero-order chi connectivity index (χ0) is 15.5. The third-order valence-corrected chi connectivity index (χ3v) is 5.77. The zero-order valence-corrected chi connectivity index (χ0v) is 14.2. The van der Waals surface area contributed by atoms with Gasteiger partial charge in [-0.05, 0) is 45.5 Å². The molecule has 1 aromatic rings. The minimum Gasteiger partial charge on any atom is -0.389 e. The SMILES string of the molecule is CC(c1ccccc1S(=O)C[C@](C)(O)C(C)C)N(C)C. The molecule has 0 saturated carbocycles. The molecule has 4 heteroatoms. The lowest BCUT2D eigenvalue weighted by Crippen LogP contribution is -2.37. The summed E-state index contributed by atoms with van der Waals surface area (Å²) in [4.78, 5) is 2.92. The average molecular weight is 297 g/mol. The van der Waals surface area contributed by atoms with Crippen molar-refractivity contribution in [3.63, 3.8) is 0 Å². The topological polar surface area (TPSA) is 40.5 Å². The summed E-state index contributed by atoms with van der Waals surface area (Å²) in [6.07, 6.45) is 0. The second-order valence-corrected chi connectivity index (χ2v) is 7.60. The molecule has 0 aliphatic carbocycles. The number of hydrogen-bond acceptors (Lipinski definition) is 3. The summed E-state index contributed by atoms with van der Waals surface area (Å²) < 4.78 is 12.6. The zero-order valence-electron chi connectivity index (χ0n) is 13.4. The van der Waals surface area contributed by atoms with Gasteiger partial charge in [-0.3, -0.25) is 4.21 Å². The predicted octanol–water partition coefficient (Wildman–Crippen LogP) is 2.82. The second kappa shape index (κ2) is 6.83. The van der Waals surface area contributed by atoms with Crippen molar-refractivity contribution >= 4 is 10.8 Å². The maximum Gasteiger partial charge on any atom is 0.0760 e. The first-order chi connectivity index (χ1) is 9.16. The number of hydrogen-bond donors (Lipinski definition) is 1. The highest BCUT2D eigenvalue weighted by atomic mass is 32.2. The van der Waals surface area contributed by atoms with E-state index in [1.165, 1.54) is 0 Å². The van der Waals surface area contributed by atoms with Crippen molar-refractivity contribution in [2.75, 3.05) is 19.8 Å². The number of aliphatic hydroxyl groups is 1. The van der Waals surface area contributed by atoms with Crippen LogP contribution in [0.3, 0.4) is 0 Å². The Bertz CT molecular complexity index is 469. The molecule has 3 nitrogen and oxygen atoms in total. The summed E-state index contributed by atoms with van der Waals surface area (Å²) >= 11 is 0. The van der Waals surface area contributed by atoms with Crippen molar-refractivity contribution in [3.05, 3.63) is 29.8 Å². The van der Waals surface area contributed by atoms with Gasteiger partial charge >= 0.3 is 0 Å². The van der Waals surface area contributed by atoms with Crippen LogP contribution < -0.4 is 0 Å². The van der Waals surface area contributed by atoms with E-state index >= 15 is 0 Å². The molecule has 1 rings (SSSR count). The Labute approximate surface area is 125 Å². The molecule has 0 fully saturated rings. The van der Waals surface area contributed by atoms with E-state index in [2.05, 4.69) is 11.8 Å². The molecule has 0 aliphatic rings. The van der Waals surface area contributed by atoms with Gasteiger partial charge in [0.1, 0.15) is 0 Å². The van der Waals surface area contributed by atoms with Crippen molar-refractivity contribution in [3.8, 4) is 0 Å². The molecule has 2 unspecified atom stereocenters. The number of benzene rings is 1. The van der Waals surface area contributed by atoms with Crippen molar-refractivity contribution in [2.24, 2.45) is 5.92 Å². The fraction of sp³-hybridized carbons (Fsp3) is 0.625. The van der Waals surface area contributed by atoms with Gasteiger partial charge in [-0.1, -0.05) is 32.0 Å². The molecule has 1 N–H and O–H groups in total. The van der Waals surface area contributed by atoms with Gasteiger partial charge in [-0.15, -0.1) is 0 Å². The number of rotatable bonds is 6. The Kier molecular flexibility index (Phi) is 5.92. The van der Waals surface area contributed by atoms with Crippen LogP contribution >= 0.6 is 0 Å². The van der Waals surface area contributed by atoms with Gasteiger partial charge in [0, 0.05) is 10.9 Å². The molecule has 0 radical (unpaired) electrons. The Morgan fingerprint density at radius 1 is 1.25 bits per heavy atom. The lowest BCUT2D eigenvalue weighted by atomic mass is 9.95. The van der Waals surface area contributed by atoms with Crippen LogP contribution in [0.15, 0.2) is 29.2 Å². The minimum atomic E-state index is -1.20. The third-order valence-electron chi connectivity index (χ3n) is 4.06. The first kappa shape index (κ1) is 17.3. The lowest BCUT2D eigenvalue weighted by molar-refractivity contribution is 0.0368. The summed E-state index contributed by atoms with van der Waals surface area (Å²) in [6, 6.07) is 7.99. The Balaban J connectivity index is 3.05. The Hall–Kier alpha value is -0.710. The highest BCUT2D eigenvalue weighted by Crippen LogP contribution is 2.27. The molecule has 3 atom stereocenters. The maximum atomic E-state index is 12.6. The molecule has 0 aliphatic heterocycles. The highest BCUT2D eigenvalue weighted by molar-refractivity contribution is 7.85. The molecule has 0 saturated heterocycles. The largest absolute Gasteiger partial charge is 0.389 e. The standard InChI is InChI=1S/C16H27NO2S/c1-12(2)16(4,18)11-20(19)15-10-8-7-9-14(15)13(3)17(5)6/h7-10,12-13,18H,11H2,1-6H3/t13?,16-,20?/m0/s1. The summed E-state index contributed by atoms with van der Waals surface area (Å²) in [5, 5.41) is 10.4. The lowest BCUT2D eigenvalue weighted by Gasteiger charge is -2.28. The van der Waals surface area contributed by atoms with Crippen LogP contribution in [0.5, 0.6) is 0 Å². The monoisotopic (exact) mass is 297 g/mol. The van der Waals surface area contributed by atoms with Crippen LogP contribution in [0.4, 0.5) is 0 Å². The Morgan fingerprint density at radius 2 is 1.80 bits per heavy atom. The van der Waals surface area contributed by atoms with Crippen LogP contribution in [-0.2, 0) is 10.8 Å². The molecule has 1 aromatic carbocycles. The fourth-order valence-electron chi connectivity index (χ4n) is 1.82. The molecular weight excluding hydrogens is 270 g/mol. The van der Waals surface area contributed by atoms with Gasteiger partial charge in [0.15, 0.2) is 0 Å². The molecule has 0 bridgehead atoms. The smallest absolute Gasteiger partial charge is 0.0760 e. The van der Waals surface area contributed by atoms with Gasteiger partial charge in [0.2, 0.25) is 0 Å². The van der Waals surface area contributed by atoms with Crippen molar-refractivity contribution in [1.82, 2.24) is 4.90 Å². The molecule has 0 aromatic heterocycles. The molecule has 0 heterocycles. The molecule has 114 valence electrons. The molecule has 20 heavy (non-hydrogen) atoms. The second-order valence-electron chi connectivity index (χ2n) is 6.18. The van der Waals surface area contributed by atoms with Crippen LogP contribution in [0.25, 0.3) is 0 Å². The average Bonchev–Trinajstić information content (AvgIpc) is 2.37. The van der Waals surface area contributed by atoms with Crippen molar-refractivity contribution < 1.29 is 9.32 Å². The van der Waals surface area contributed by atoms with Crippen LogP contribution in [-0.4, -0.2) is 39.7 Å². The van der Waals surface area contributed by atoms with Crippen molar-refractivity contribution in [2.45, 2.75) is 44.2 Å². The van der Waals surface area contributed by atoms with Gasteiger partial charge in [0.25, 0.3) is 0 Å². The quantitative estimate of drug-likeness (QED) is 0.878. The van der Waals surface area contributed by atoms with E-state index in [1.807, 2.05) is 52.2 Å². The molecule has 0 amide bonds. The Morgan fingerprint density at radius 3 is 2.30 bits per heavy atom. The van der Waals surface area contributed by atoms with Gasteiger partial charge < -0.3 is 10.0 Å². The summed E-state index contributed by atoms with van der Waals surface area (Å²) in [5.41, 5.74) is 0.148. The fourth-order valence-corrected chi connectivity index (χ4v) is 3.57. The van der Waals surface area contributed by atoms with E-state index in [-0.39, 0.29) is 17.7 Å². The van der Waals surface area contributed by atoms with Gasteiger partial charge in [-0.25, -0.2) is 0 Å². The number of nitrogens with zero attached hydrogens (tertiary/aromatic N) is 1. The highest BCUT2D eigenvalue weighted by Gasteiger charge is 2.29. The molecule has 0 spiro atoms. The van der Waals surface area contributed by atoms with Crippen LogP contribution in [0, 0.1) is 5.92 Å². The summed E-state index contributed by atoms with van der Waals surface area (Å²) in [7, 11) is 2.82. The van der Waals surface area contributed by atoms with E-state index in [0.29, 0.717) is 0 Å². The van der Waals surface area contributed by atoms with Crippen LogP contribution in [0.1, 0.15) is 39.3 Å². The van der Waals surface area contributed by atoms with Gasteiger partial charge in [0.05, 0.1) is 22.2 Å². The summed E-state index contributed by atoms with van der Waals surface area (Å²) in [5.74, 6) is 0.340. The normalized spacial score (nSPS) is 18.1. The van der Waals surface area contributed by atoms with Crippen LogP contribution in [0.2, 0.25) is 0 Å². The maximum absolute atomic E-state index is 12.6. The van der Waals surface area contributed by atoms with E-state index in [1.54, 1.807) is 6.92 Å². The van der Waals surface area contributed by atoms with Crippen molar-refractivity contribution in [1.29, 1.82) is 0 Å². The minimum absolute atomic E-state index is 0.0740. The first-order valence-electron chi connectivity index (χ1n) is 7.03. The molecular formula is C16H27NO2S. The first-order valence-corrected chi connectivity index (χ1v) is 8.34. The predicted molar refractivity (Wildman–Crippen MR) is 85.3 cm³/mol. The van der Waals surface area contributed by atoms with E-state index < -0.39 is 16.4 Å². The summed E-state index contributed by atoms with van der Waals surface area (Å²) in [6.45, 7) is 7.75. The van der Waals surface area contributed by atoms with E-state index in [4.69, 9.17) is 0 Å². The third kappa shape index (κ3) is 4.14. The van der Waals surface area contributed by atoms with Gasteiger partial charge in [-0.2, -0.15) is 0 Å². The van der Waals surface area contributed by atoms with E-state index in [0.717, 1.165) is 10.5 Å².